The molecule has 0 radical (unpaired) electrons. The molecule has 6 nitrogen and oxygen atoms in total. The van der Waals surface area contributed by atoms with Crippen LogP contribution in [0.4, 0.5) is 0 Å². The molecule has 0 aliphatic heterocycles. The molecule has 4 aromatic carbocycles. The maximum absolute atomic E-state index is 13.3. The normalized spacial score (nSPS) is 11.1. The summed E-state index contributed by atoms with van der Waals surface area (Å²) < 4.78 is 5.54. The molecule has 188 valence electrons. The summed E-state index contributed by atoms with van der Waals surface area (Å²) in [6.07, 6.45) is 1.40. The summed E-state index contributed by atoms with van der Waals surface area (Å²) in [6.45, 7) is 0. The van der Waals surface area contributed by atoms with Crippen LogP contribution in [-0.2, 0) is 0 Å². The van der Waals surface area contributed by atoms with E-state index in [1.807, 2.05) is 12.1 Å². The zero-order chi connectivity index (χ0) is 26.6. The summed E-state index contributed by atoms with van der Waals surface area (Å²) in [7, 11) is 0. The van der Waals surface area contributed by atoms with Gasteiger partial charge in [-0.1, -0.05) is 83.3 Å². The van der Waals surface area contributed by atoms with Crippen LogP contribution >= 0.6 is 34.8 Å². The first-order valence-electron chi connectivity index (χ1n) is 11.4. The Bertz CT molecular complexity index is 1700. The number of fused-ring (bicyclic) bond motifs is 1. The van der Waals surface area contributed by atoms with E-state index in [2.05, 4.69) is 15.5 Å². The fourth-order valence-electron chi connectivity index (χ4n) is 3.96. The molecule has 0 spiro atoms. The predicted octanol–water partition coefficient (Wildman–Crippen LogP) is 7.78. The summed E-state index contributed by atoms with van der Waals surface area (Å²) in [5.41, 5.74) is 5.35. The maximum Gasteiger partial charge on any atom is 0.343 e. The third kappa shape index (κ3) is 5.29. The summed E-state index contributed by atoms with van der Waals surface area (Å²) >= 11 is 19.2. The Morgan fingerprint density at radius 2 is 1.55 bits per heavy atom. The molecular weight excluding hydrogens is 545 g/mol. The lowest BCUT2D eigenvalue weighted by Gasteiger charge is -2.08. The molecule has 1 aromatic heterocycles. The van der Waals surface area contributed by atoms with E-state index in [9.17, 15) is 9.59 Å². The van der Waals surface area contributed by atoms with Crippen molar-refractivity contribution >= 4 is 63.8 Å². The van der Waals surface area contributed by atoms with Gasteiger partial charge in [0.05, 0.1) is 22.3 Å². The van der Waals surface area contributed by atoms with Gasteiger partial charge in [0.1, 0.15) is 11.4 Å². The van der Waals surface area contributed by atoms with Gasteiger partial charge in [0, 0.05) is 32.1 Å². The smallest absolute Gasteiger partial charge is 0.343 e. The van der Waals surface area contributed by atoms with Crippen molar-refractivity contribution in [3.63, 3.8) is 0 Å². The zero-order valence-corrected chi connectivity index (χ0v) is 21.8. The molecule has 0 unspecified atom stereocenters. The lowest BCUT2D eigenvalue weighted by Crippen LogP contribution is -2.19. The monoisotopic (exact) mass is 561 g/mol. The molecule has 0 saturated carbocycles. The van der Waals surface area contributed by atoms with Crippen LogP contribution in [0.5, 0.6) is 5.75 Å². The second-order valence-corrected chi connectivity index (χ2v) is 9.41. The zero-order valence-electron chi connectivity index (χ0n) is 19.5. The number of halogens is 3. The minimum absolute atomic E-state index is 0.207. The van der Waals surface area contributed by atoms with Gasteiger partial charge in [-0.15, -0.1) is 0 Å². The van der Waals surface area contributed by atoms with Crippen molar-refractivity contribution in [3.8, 4) is 16.9 Å². The Labute approximate surface area is 232 Å². The summed E-state index contributed by atoms with van der Waals surface area (Å²) in [5, 5.41) is 5.97. The number of H-pyrrole nitrogens is 1. The molecule has 9 heteroatoms. The van der Waals surface area contributed by atoms with Gasteiger partial charge < -0.3 is 9.72 Å². The number of hydrogen-bond acceptors (Lipinski definition) is 4. The van der Waals surface area contributed by atoms with Crippen LogP contribution in [0.25, 0.3) is 22.0 Å². The van der Waals surface area contributed by atoms with Crippen LogP contribution < -0.4 is 10.2 Å². The van der Waals surface area contributed by atoms with Gasteiger partial charge >= 0.3 is 5.97 Å². The number of para-hydroxylation sites is 1. The van der Waals surface area contributed by atoms with Crippen molar-refractivity contribution < 1.29 is 14.3 Å². The molecule has 0 fully saturated rings. The van der Waals surface area contributed by atoms with Gasteiger partial charge in [-0.25, -0.2) is 10.2 Å². The van der Waals surface area contributed by atoms with Crippen molar-refractivity contribution in [1.82, 2.24) is 10.4 Å². The van der Waals surface area contributed by atoms with E-state index in [1.54, 1.807) is 78.9 Å². The number of hydrazone groups is 1. The van der Waals surface area contributed by atoms with E-state index in [-0.39, 0.29) is 5.69 Å². The molecule has 0 aliphatic carbocycles. The second-order valence-electron chi connectivity index (χ2n) is 8.16. The third-order valence-electron chi connectivity index (χ3n) is 5.70. The Morgan fingerprint density at radius 1 is 0.842 bits per heavy atom. The van der Waals surface area contributed by atoms with Crippen LogP contribution in [-0.4, -0.2) is 23.1 Å². The van der Waals surface area contributed by atoms with Crippen molar-refractivity contribution in [1.29, 1.82) is 0 Å². The lowest BCUT2D eigenvalue weighted by atomic mass is 10.0. The largest absolute Gasteiger partial charge is 0.422 e. The quantitative estimate of drug-likeness (QED) is 0.0959. The van der Waals surface area contributed by atoms with Crippen molar-refractivity contribution in [3.05, 3.63) is 123 Å². The highest BCUT2D eigenvalue weighted by atomic mass is 35.5. The van der Waals surface area contributed by atoms with Crippen LogP contribution in [0.3, 0.4) is 0 Å². The Morgan fingerprint density at radius 3 is 2.34 bits per heavy atom. The third-order valence-corrected chi connectivity index (χ3v) is 6.54. The highest BCUT2D eigenvalue weighted by Gasteiger charge is 2.22. The first-order chi connectivity index (χ1) is 18.4. The molecule has 1 heterocycles. The fourth-order valence-corrected chi connectivity index (χ4v) is 4.73. The average Bonchev–Trinajstić information content (AvgIpc) is 3.30. The van der Waals surface area contributed by atoms with Crippen LogP contribution in [0.15, 0.2) is 96.1 Å². The Balaban J connectivity index is 1.44. The second kappa shape index (κ2) is 11.1. The van der Waals surface area contributed by atoms with E-state index < -0.39 is 11.9 Å². The van der Waals surface area contributed by atoms with Crippen molar-refractivity contribution in [2.75, 3.05) is 0 Å². The van der Waals surface area contributed by atoms with Crippen LogP contribution in [0, 0.1) is 0 Å². The number of aromatic nitrogens is 1. The first-order valence-corrected chi connectivity index (χ1v) is 12.5. The van der Waals surface area contributed by atoms with Gasteiger partial charge in [-0.2, -0.15) is 5.10 Å². The molecule has 0 aliphatic rings. The minimum Gasteiger partial charge on any atom is -0.422 e. The van der Waals surface area contributed by atoms with Crippen molar-refractivity contribution in [2.24, 2.45) is 5.10 Å². The summed E-state index contributed by atoms with van der Waals surface area (Å²) in [6, 6.07) is 26.0. The fraction of sp³-hybridized carbons (Fsp3) is 0. The number of esters is 1. The average molecular weight is 563 g/mol. The highest BCUT2D eigenvalue weighted by Crippen LogP contribution is 2.40. The summed E-state index contributed by atoms with van der Waals surface area (Å²) in [4.78, 5) is 28.9. The number of rotatable bonds is 6. The molecule has 1 amide bonds. The number of aromatic amines is 1. The molecule has 2 N–H and O–H groups in total. The van der Waals surface area contributed by atoms with Crippen molar-refractivity contribution in [2.45, 2.75) is 0 Å². The number of hydrogen-bond donors (Lipinski definition) is 2. The number of amides is 1. The van der Waals surface area contributed by atoms with Crippen LogP contribution in [0.2, 0.25) is 15.1 Å². The molecule has 5 rings (SSSR count). The van der Waals surface area contributed by atoms with Gasteiger partial charge in [0.25, 0.3) is 5.91 Å². The van der Waals surface area contributed by atoms with E-state index in [0.29, 0.717) is 54.0 Å². The number of carbonyl (C=O) groups is 2. The minimum atomic E-state index is -0.529. The first kappa shape index (κ1) is 25.5. The Hall–Kier alpha value is -4.10. The molecule has 0 bridgehead atoms. The van der Waals surface area contributed by atoms with Gasteiger partial charge in [-0.05, 0) is 42.5 Å². The number of nitrogens with zero attached hydrogens (tertiary/aromatic N) is 1. The van der Waals surface area contributed by atoms with E-state index in [1.165, 1.54) is 6.21 Å². The Kier molecular flexibility index (Phi) is 7.47. The topological polar surface area (TPSA) is 83.5 Å². The number of nitrogens with one attached hydrogen (secondary N) is 2. The molecule has 0 atom stereocenters. The van der Waals surface area contributed by atoms with Gasteiger partial charge in [0.2, 0.25) is 0 Å². The van der Waals surface area contributed by atoms with E-state index in [4.69, 9.17) is 39.5 Å². The maximum atomic E-state index is 13.3. The van der Waals surface area contributed by atoms with E-state index in [0.717, 1.165) is 0 Å². The van der Waals surface area contributed by atoms with Crippen LogP contribution in [0.1, 0.15) is 26.4 Å². The molecule has 5 aromatic rings. The molecular formula is C29H18Cl3N3O3. The summed E-state index contributed by atoms with van der Waals surface area (Å²) in [5.74, 6) is -0.741. The molecule has 0 saturated heterocycles. The molecule has 38 heavy (non-hydrogen) atoms. The number of ether oxygens (including phenoxy) is 1. The van der Waals surface area contributed by atoms with Gasteiger partial charge in [0.15, 0.2) is 0 Å². The standard InChI is InChI=1S/C29H18Cl3N3O3/c30-19-14-21-25(20-11-5-6-12-22(20)31)27(34-26(21)23(32)15-19)28(36)35-33-16-18-10-4-7-13-24(18)38-29(37)17-8-2-1-3-9-17/h1-16,34H,(H,35,36). The SMILES string of the molecule is O=C(Oc1ccccc1C=NNC(=O)c1[nH]c2c(Cl)cc(Cl)cc2c1-c1ccccc1Cl)c1ccccc1. The lowest BCUT2D eigenvalue weighted by molar-refractivity contribution is 0.0734. The predicted molar refractivity (Wildman–Crippen MR) is 152 cm³/mol. The number of carbonyl (C=O) groups excluding carboxylic acids is 2. The number of benzene rings is 4. The van der Waals surface area contributed by atoms with Gasteiger partial charge in [-0.3, -0.25) is 4.79 Å². The van der Waals surface area contributed by atoms with E-state index >= 15 is 0 Å². The highest BCUT2D eigenvalue weighted by molar-refractivity contribution is 6.39.